The van der Waals surface area contributed by atoms with E-state index in [4.69, 9.17) is 9.47 Å². The summed E-state index contributed by atoms with van der Waals surface area (Å²) < 4.78 is 38.8. The van der Waals surface area contributed by atoms with E-state index >= 15 is 0 Å². The molecule has 0 bridgehead atoms. The van der Waals surface area contributed by atoms with Crippen LogP contribution in [0.5, 0.6) is 11.5 Å². The molecule has 1 amide bonds. The van der Waals surface area contributed by atoms with Gasteiger partial charge >= 0.3 is 0 Å². The topological polar surface area (TPSA) is 74.3 Å². The van der Waals surface area contributed by atoms with Crippen molar-refractivity contribution in [3.8, 4) is 11.5 Å². The zero-order valence-electron chi connectivity index (χ0n) is 19.6. The van der Waals surface area contributed by atoms with Gasteiger partial charge in [-0.1, -0.05) is 0 Å². The summed E-state index contributed by atoms with van der Waals surface area (Å²) in [6.07, 6.45) is 1.70. The molecule has 3 atom stereocenters. The van der Waals surface area contributed by atoms with Crippen molar-refractivity contribution in [1.82, 2.24) is 10.2 Å². The van der Waals surface area contributed by atoms with E-state index in [1.807, 2.05) is 0 Å². The fourth-order valence-electron chi connectivity index (χ4n) is 5.16. The van der Waals surface area contributed by atoms with Crippen molar-refractivity contribution in [2.75, 3.05) is 50.8 Å². The van der Waals surface area contributed by atoms with Crippen molar-refractivity contribution in [3.63, 3.8) is 0 Å². The molecule has 5 rings (SSSR count). The Kier molecular flexibility index (Phi) is 7.06. The molecule has 0 aromatic heterocycles. The highest BCUT2D eigenvalue weighted by Crippen LogP contribution is 2.36. The van der Waals surface area contributed by atoms with Crippen molar-refractivity contribution in [2.45, 2.75) is 31.4 Å². The van der Waals surface area contributed by atoms with Crippen LogP contribution in [-0.4, -0.2) is 67.9 Å². The number of nitrogens with one attached hydrogen (secondary N) is 1. The molecule has 3 aliphatic rings. The molecule has 0 spiro atoms. The molecule has 9 heteroatoms. The predicted octanol–water partition coefficient (Wildman–Crippen LogP) is 2.88. The van der Waals surface area contributed by atoms with Gasteiger partial charge in [0.2, 0.25) is 5.91 Å². The molecule has 2 saturated heterocycles. The van der Waals surface area contributed by atoms with Gasteiger partial charge in [0.15, 0.2) is 17.3 Å². The quantitative estimate of drug-likeness (QED) is 0.626. The third kappa shape index (κ3) is 5.36. The average molecular weight is 488 g/mol. The summed E-state index contributed by atoms with van der Waals surface area (Å²) in [4.78, 5) is 17.5. The van der Waals surface area contributed by atoms with Gasteiger partial charge in [0.25, 0.3) is 0 Å². The fourth-order valence-corrected chi connectivity index (χ4v) is 5.16. The third-order valence-electron chi connectivity index (χ3n) is 7.07. The molecule has 0 aliphatic carbocycles. The number of hydrogen-bond acceptors (Lipinski definition) is 6. The first-order valence-electron chi connectivity index (χ1n) is 12.3. The number of halogens is 2. The molecule has 2 N–H and O–H groups in total. The largest absolute Gasteiger partial charge is 0.486 e. The van der Waals surface area contributed by atoms with E-state index < -0.39 is 18.0 Å². The zero-order chi connectivity index (χ0) is 24.4. The first-order chi connectivity index (χ1) is 17.0. The van der Waals surface area contributed by atoms with Gasteiger partial charge < -0.3 is 29.7 Å². The molecule has 0 unspecified atom stereocenters. The molecular weight excluding hydrogens is 456 g/mol. The van der Waals surface area contributed by atoms with Gasteiger partial charge in [-0.2, -0.15) is 0 Å². The van der Waals surface area contributed by atoms with Crippen molar-refractivity contribution in [2.24, 2.45) is 5.92 Å². The minimum Gasteiger partial charge on any atom is -0.486 e. The highest BCUT2D eigenvalue weighted by molar-refractivity contribution is 5.80. The van der Waals surface area contributed by atoms with Crippen LogP contribution in [0, 0.1) is 17.6 Å². The van der Waals surface area contributed by atoms with Crippen LogP contribution in [-0.2, 0) is 4.79 Å². The smallest absolute Gasteiger partial charge is 0.225 e. The van der Waals surface area contributed by atoms with Gasteiger partial charge in [-0.3, -0.25) is 4.79 Å². The van der Waals surface area contributed by atoms with Crippen LogP contribution in [0.2, 0.25) is 0 Å². The lowest BCUT2D eigenvalue weighted by Crippen LogP contribution is -2.48. The minimum atomic E-state index is -1.11. The van der Waals surface area contributed by atoms with Gasteiger partial charge in [0, 0.05) is 25.3 Å². The highest BCUT2D eigenvalue weighted by atomic mass is 19.1. The van der Waals surface area contributed by atoms with Gasteiger partial charge in [0.1, 0.15) is 25.1 Å². The Morgan fingerprint density at radius 1 is 1.09 bits per heavy atom. The lowest BCUT2D eigenvalue weighted by molar-refractivity contribution is -0.126. The van der Waals surface area contributed by atoms with E-state index in [9.17, 15) is 18.7 Å². The van der Waals surface area contributed by atoms with E-state index in [-0.39, 0.29) is 35.7 Å². The van der Waals surface area contributed by atoms with E-state index in [1.54, 1.807) is 18.2 Å². The van der Waals surface area contributed by atoms with Crippen LogP contribution >= 0.6 is 0 Å². The van der Waals surface area contributed by atoms with E-state index in [2.05, 4.69) is 15.1 Å². The van der Waals surface area contributed by atoms with E-state index in [1.165, 1.54) is 18.2 Å². The molecule has 2 aromatic carbocycles. The van der Waals surface area contributed by atoms with Gasteiger partial charge in [-0.25, -0.2) is 8.78 Å². The molecule has 35 heavy (non-hydrogen) atoms. The Balaban J connectivity index is 1.30. The summed E-state index contributed by atoms with van der Waals surface area (Å²) in [6.45, 7) is 4.06. The number of benzene rings is 2. The van der Waals surface area contributed by atoms with Crippen LogP contribution in [0.25, 0.3) is 0 Å². The molecule has 188 valence electrons. The van der Waals surface area contributed by atoms with Gasteiger partial charge in [-0.15, -0.1) is 0 Å². The number of aliphatic hydroxyl groups excluding tert-OH is 1. The Bertz CT molecular complexity index is 1050. The van der Waals surface area contributed by atoms with E-state index in [0.29, 0.717) is 38.2 Å². The van der Waals surface area contributed by atoms with Crippen LogP contribution in [0.15, 0.2) is 36.4 Å². The number of hydrogen-bond donors (Lipinski definition) is 2. The van der Waals surface area contributed by atoms with Gasteiger partial charge in [-0.05, 0) is 74.3 Å². The maximum Gasteiger partial charge on any atom is 0.225 e. The summed E-state index contributed by atoms with van der Waals surface area (Å²) in [5, 5.41) is 14.3. The Hall–Kier alpha value is -2.91. The summed E-state index contributed by atoms with van der Waals surface area (Å²) in [6, 6.07) is 8.50. The first kappa shape index (κ1) is 23.8. The molecule has 0 saturated carbocycles. The second-order valence-electron chi connectivity index (χ2n) is 9.50. The summed E-state index contributed by atoms with van der Waals surface area (Å²) >= 11 is 0. The number of aliphatic hydroxyl groups is 1. The van der Waals surface area contributed by atoms with Crippen molar-refractivity contribution in [3.05, 3.63) is 53.6 Å². The molecule has 0 radical (unpaired) electrons. The number of rotatable bonds is 7. The third-order valence-corrected chi connectivity index (χ3v) is 7.07. The molecule has 7 nitrogen and oxygen atoms in total. The number of likely N-dealkylation sites (tertiary alicyclic amines) is 1. The van der Waals surface area contributed by atoms with Crippen molar-refractivity contribution in [1.29, 1.82) is 0 Å². The Morgan fingerprint density at radius 2 is 1.83 bits per heavy atom. The number of carbonyl (C=O) groups is 1. The lowest BCUT2D eigenvalue weighted by Gasteiger charge is -2.30. The average Bonchev–Trinajstić information content (AvgIpc) is 3.56. The van der Waals surface area contributed by atoms with Crippen LogP contribution in [0.3, 0.4) is 0 Å². The van der Waals surface area contributed by atoms with Crippen LogP contribution in [0.1, 0.15) is 30.9 Å². The molecule has 2 aromatic rings. The molecule has 3 heterocycles. The lowest BCUT2D eigenvalue weighted by atomic mass is 9.99. The van der Waals surface area contributed by atoms with Crippen LogP contribution < -0.4 is 19.7 Å². The summed E-state index contributed by atoms with van der Waals surface area (Å²) in [7, 11) is 0. The molecule has 3 aliphatic heterocycles. The Morgan fingerprint density at radius 3 is 2.60 bits per heavy atom. The van der Waals surface area contributed by atoms with Crippen LogP contribution in [0.4, 0.5) is 14.5 Å². The SMILES string of the molecule is O=C(N[C@H](CN1CCCC1)[C@H](O)c1cc(F)c2c(c1)OCCO2)[C@H]1CCN(c2ccc(F)cc2)C1. The second-order valence-corrected chi connectivity index (χ2v) is 9.50. The van der Waals surface area contributed by atoms with Gasteiger partial charge in [0.05, 0.1) is 12.0 Å². The maximum absolute atomic E-state index is 14.7. The molecular formula is C26H31F2N3O4. The number of amides is 1. The standard InChI is InChI=1S/C26H31F2N3O4/c27-19-3-5-20(6-4-19)31-10-7-17(15-31)26(33)29-22(16-30-8-1-2-9-30)24(32)18-13-21(28)25-23(14-18)34-11-12-35-25/h3-6,13-14,17,22,24,32H,1-2,7-12,15-16H2,(H,29,33)/t17-,22+,24+/m0/s1. The maximum atomic E-state index is 14.7. The normalized spacial score (nSPS) is 21.7. The highest BCUT2D eigenvalue weighted by Gasteiger charge is 2.33. The number of fused-ring (bicyclic) bond motifs is 1. The zero-order valence-corrected chi connectivity index (χ0v) is 19.6. The van der Waals surface area contributed by atoms with Crippen molar-refractivity contribution < 1.29 is 28.2 Å². The fraction of sp³-hybridized carbons (Fsp3) is 0.500. The Labute approximate surface area is 203 Å². The summed E-state index contributed by atoms with van der Waals surface area (Å²) in [5.74, 6) is -0.965. The monoisotopic (exact) mass is 487 g/mol. The first-order valence-corrected chi connectivity index (χ1v) is 12.3. The minimum absolute atomic E-state index is 0.0548. The predicted molar refractivity (Wildman–Crippen MR) is 127 cm³/mol. The number of carbonyl (C=O) groups excluding carboxylic acids is 1. The number of anilines is 1. The van der Waals surface area contributed by atoms with Crippen molar-refractivity contribution >= 4 is 11.6 Å². The molecule has 2 fully saturated rings. The number of ether oxygens (including phenoxy) is 2. The number of nitrogens with zero attached hydrogens (tertiary/aromatic N) is 2. The second kappa shape index (κ2) is 10.4. The van der Waals surface area contributed by atoms with E-state index in [0.717, 1.165) is 31.6 Å². The summed E-state index contributed by atoms with van der Waals surface area (Å²) in [5.41, 5.74) is 1.22.